The molecule has 1 aliphatic rings. The second-order valence-electron chi connectivity index (χ2n) is 4.26. The summed E-state index contributed by atoms with van der Waals surface area (Å²) in [5.74, 6) is 1.20. The maximum atomic E-state index is 10.5. The molecule has 0 aliphatic carbocycles. The average molecular weight is 271 g/mol. The van der Waals surface area contributed by atoms with Gasteiger partial charge in [-0.05, 0) is 18.8 Å². The summed E-state index contributed by atoms with van der Waals surface area (Å²) in [6, 6.07) is 1.75. The van der Waals surface area contributed by atoms with Gasteiger partial charge in [-0.1, -0.05) is 11.6 Å². The van der Waals surface area contributed by atoms with E-state index in [-0.39, 0.29) is 0 Å². The molecule has 2 heterocycles. The van der Waals surface area contributed by atoms with Crippen molar-refractivity contribution in [1.82, 2.24) is 9.97 Å². The largest absolute Gasteiger partial charge is 0.449 e. The highest BCUT2D eigenvalue weighted by Crippen LogP contribution is 2.22. The zero-order chi connectivity index (χ0) is 13.0. The molecular weight excluding hydrogens is 256 g/mol. The van der Waals surface area contributed by atoms with Gasteiger partial charge in [0.05, 0.1) is 6.61 Å². The second kappa shape index (κ2) is 5.86. The van der Waals surface area contributed by atoms with E-state index < -0.39 is 6.09 Å². The smallest absolute Gasteiger partial charge is 0.404 e. The van der Waals surface area contributed by atoms with Crippen molar-refractivity contribution >= 4 is 23.5 Å². The Balaban J connectivity index is 1.85. The third kappa shape index (κ3) is 3.46. The third-order valence-corrected chi connectivity index (χ3v) is 3.23. The monoisotopic (exact) mass is 270 g/mol. The number of primary amides is 1. The molecule has 1 aromatic rings. The average Bonchev–Trinajstić information content (AvgIpc) is 2.37. The molecule has 0 saturated carbocycles. The molecule has 1 fully saturated rings. The van der Waals surface area contributed by atoms with Gasteiger partial charge in [0.15, 0.2) is 0 Å². The van der Waals surface area contributed by atoms with Crippen LogP contribution in [0.15, 0.2) is 12.4 Å². The summed E-state index contributed by atoms with van der Waals surface area (Å²) in [4.78, 5) is 20.7. The van der Waals surface area contributed by atoms with Gasteiger partial charge in [0.25, 0.3) is 0 Å². The highest BCUT2D eigenvalue weighted by molar-refractivity contribution is 6.29. The number of halogens is 1. The van der Waals surface area contributed by atoms with Crippen LogP contribution < -0.4 is 10.6 Å². The van der Waals surface area contributed by atoms with Crippen LogP contribution in [-0.2, 0) is 4.74 Å². The summed E-state index contributed by atoms with van der Waals surface area (Å²) >= 11 is 5.83. The Morgan fingerprint density at radius 3 is 2.83 bits per heavy atom. The third-order valence-electron chi connectivity index (χ3n) is 3.02. The molecule has 1 amide bonds. The predicted molar refractivity (Wildman–Crippen MR) is 67.5 cm³/mol. The van der Waals surface area contributed by atoms with E-state index in [4.69, 9.17) is 22.1 Å². The minimum Gasteiger partial charge on any atom is -0.449 e. The Morgan fingerprint density at radius 2 is 2.22 bits per heavy atom. The van der Waals surface area contributed by atoms with Gasteiger partial charge >= 0.3 is 6.09 Å². The highest BCUT2D eigenvalue weighted by atomic mass is 35.5. The number of hydrogen-bond donors (Lipinski definition) is 1. The topological polar surface area (TPSA) is 81.3 Å². The molecular formula is C11H15ClN4O2. The van der Waals surface area contributed by atoms with E-state index >= 15 is 0 Å². The fourth-order valence-corrected chi connectivity index (χ4v) is 2.17. The van der Waals surface area contributed by atoms with E-state index in [0.29, 0.717) is 17.7 Å². The van der Waals surface area contributed by atoms with Crippen LogP contribution in [0.4, 0.5) is 10.6 Å². The van der Waals surface area contributed by atoms with Crippen LogP contribution >= 0.6 is 11.6 Å². The first kappa shape index (κ1) is 12.9. The Bertz CT molecular complexity index is 421. The van der Waals surface area contributed by atoms with Crippen LogP contribution in [0.2, 0.25) is 5.15 Å². The lowest BCUT2D eigenvalue weighted by atomic mass is 9.98. The Hall–Kier alpha value is -1.56. The lowest BCUT2D eigenvalue weighted by Crippen LogP contribution is -2.36. The van der Waals surface area contributed by atoms with E-state index in [2.05, 4.69) is 14.9 Å². The van der Waals surface area contributed by atoms with Crippen molar-refractivity contribution in [3.63, 3.8) is 0 Å². The van der Waals surface area contributed by atoms with E-state index in [1.165, 1.54) is 6.33 Å². The zero-order valence-corrected chi connectivity index (χ0v) is 10.6. The first-order valence-corrected chi connectivity index (χ1v) is 6.17. The summed E-state index contributed by atoms with van der Waals surface area (Å²) in [5.41, 5.74) is 4.94. The minimum absolute atomic E-state index is 0.367. The van der Waals surface area contributed by atoms with Crippen molar-refractivity contribution in [2.45, 2.75) is 12.8 Å². The number of nitrogens with two attached hydrogens (primary N) is 1. The van der Waals surface area contributed by atoms with Crippen molar-refractivity contribution in [2.75, 3.05) is 24.6 Å². The molecule has 0 aromatic carbocycles. The molecule has 1 aromatic heterocycles. The molecule has 1 saturated heterocycles. The lowest BCUT2D eigenvalue weighted by molar-refractivity contribution is 0.129. The van der Waals surface area contributed by atoms with Gasteiger partial charge in [-0.3, -0.25) is 0 Å². The van der Waals surface area contributed by atoms with Gasteiger partial charge in [-0.2, -0.15) is 0 Å². The number of anilines is 1. The van der Waals surface area contributed by atoms with Gasteiger partial charge in [0.1, 0.15) is 17.3 Å². The standard InChI is InChI=1S/C11H15ClN4O2/c12-9-5-10(15-7-14-9)16-3-1-8(2-4-16)6-18-11(13)17/h5,7-8H,1-4,6H2,(H2,13,17). The molecule has 0 bridgehead atoms. The van der Waals surface area contributed by atoms with Gasteiger partial charge in [-0.25, -0.2) is 14.8 Å². The van der Waals surface area contributed by atoms with E-state index in [1.54, 1.807) is 6.07 Å². The van der Waals surface area contributed by atoms with E-state index in [1.807, 2.05) is 0 Å². The molecule has 98 valence electrons. The van der Waals surface area contributed by atoms with Crippen LogP contribution in [0.25, 0.3) is 0 Å². The van der Waals surface area contributed by atoms with Gasteiger partial charge in [0, 0.05) is 19.2 Å². The molecule has 0 radical (unpaired) electrons. The van der Waals surface area contributed by atoms with E-state index in [9.17, 15) is 4.79 Å². The van der Waals surface area contributed by atoms with E-state index in [0.717, 1.165) is 31.7 Å². The lowest BCUT2D eigenvalue weighted by Gasteiger charge is -2.32. The molecule has 7 heteroatoms. The summed E-state index contributed by atoms with van der Waals surface area (Å²) < 4.78 is 4.82. The Kier molecular flexibility index (Phi) is 4.19. The number of carbonyl (C=O) groups excluding carboxylic acids is 1. The fraction of sp³-hybridized carbons (Fsp3) is 0.545. The number of nitrogens with zero attached hydrogens (tertiary/aromatic N) is 3. The summed E-state index contributed by atoms with van der Waals surface area (Å²) in [7, 11) is 0. The van der Waals surface area contributed by atoms with Crippen molar-refractivity contribution < 1.29 is 9.53 Å². The number of carbonyl (C=O) groups is 1. The number of amides is 1. The maximum Gasteiger partial charge on any atom is 0.404 e. The predicted octanol–water partition coefficient (Wildman–Crippen LogP) is 1.44. The number of hydrogen-bond acceptors (Lipinski definition) is 5. The quantitative estimate of drug-likeness (QED) is 0.841. The molecule has 0 unspecified atom stereocenters. The van der Waals surface area contributed by atoms with Crippen molar-refractivity contribution in [3.8, 4) is 0 Å². The van der Waals surface area contributed by atoms with Crippen LogP contribution in [0.1, 0.15) is 12.8 Å². The van der Waals surface area contributed by atoms with Crippen molar-refractivity contribution in [2.24, 2.45) is 11.7 Å². The summed E-state index contributed by atoms with van der Waals surface area (Å²) in [6.45, 7) is 2.12. The molecule has 0 atom stereocenters. The fourth-order valence-electron chi connectivity index (χ4n) is 2.03. The Morgan fingerprint density at radius 1 is 1.50 bits per heavy atom. The normalized spacial score (nSPS) is 16.6. The SMILES string of the molecule is NC(=O)OCC1CCN(c2cc(Cl)ncn2)CC1. The summed E-state index contributed by atoms with van der Waals surface area (Å²) in [5, 5.41) is 0.444. The maximum absolute atomic E-state index is 10.5. The minimum atomic E-state index is -0.708. The van der Waals surface area contributed by atoms with Crippen LogP contribution in [0.5, 0.6) is 0 Å². The summed E-state index contributed by atoms with van der Waals surface area (Å²) in [6.07, 6.45) is 2.63. The molecule has 2 N–H and O–H groups in total. The van der Waals surface area contributed by atoms with Crippen LogP contribution in [0, 0.1) is 5.92 Å². The number of aromatic nitrogens is 2. The molecule has 2 rings (SSSR count). The van der Waals surface area contributed by atoms with Crippen molar-refractivity contribution in [1.29, 1.82) is 0 Å². The van der Waals surface area contributed by atoms with Crippen LogP contribution in [0.3, 0.4) is 0 Å². The molecule has 1 aliphatic heterocycles. The van der Waals surface area contributed by atoms with Gasteiger partial charge < -0.3 is 15.4 Å². The second-order valence-corrected chi connectivity index (χ2v) is 4.65. The molecule has 6 nitrogen and oxygen atoms in total. The van der Waals surface area contributed by atoms with Crippen molar-refractivity contribution in [3.05, 3.63) is 17.5 Å². The number of piperidine rings is 1. The number of ether oxygens (including phenoxy) is 1. The van der Waals surface area contributed by atoms with Gasteiger partial charge in [0.2, 0.25) is 0 Å². The van der Waals surface area contributed by atoms with Crippen LogP contribution in [-0.4, -0.2) is 35.8 Å². The highest BCUT2D eigenvalue weighted by Gasteiger charge is 2.21. The first-order valence-electron chi connectivity index (χ1n) is 5.80. The van der Waals surface area contributed by atoms with Gasteiger partial charge in [-0.15, -0.1) is 0 Å². The molecule has 0 spiro atoms. The number of rotatable bonds is 3. The Labute approximate surface area is 110 Å². The molecule has 18 heavy (non-hydrogen) atoms. The first-order chi connectivity index (χ1) is 8.65. The zero-order valence-electron chi connectivity index (χ0n) is 9.88.